The van der Waals surface area contributed by atoms with Crippen molar-refractivity contribution in [3.05, 3.63) is 29.7 Å². The monoisotopic (exact) mass is 219 g/mol. The van der Waals surface area contributed by atoms with Crippen LogP contribution in [0.3, 0.4) is 0 Å². The summed E-state index contributed by atoms with van der Waals surface area (Å²) in [6.45, 7) is 5.80. The summed E-state index contributed by atoms with van der Waals surface area (Å²) in [6.07, 6.45) is 3.26. The second-order valence-electron chi connectivity index (χ2n) is 4.67. The van der Waals surface area contributed by atoms with Crippen molar-refractivity contribution in [1.82, 2.24) is 14.6 Å². The Hall–Kier alpha value is -1.91. The van der Waals surface area contributed by atoms with E-state index in [1.807, 2.05) is 20.8 Å². The third-order valence-corrected chi connectivity index (χ3v) is 2.32. The predicted octanol–water partition coefficient (Wildman–Crippen LogP) is 1.72. The molecule has 2 rings (SSSR count). The molecule has 2 aromatic heterocycles. The molecule has 1 N–H and O–H groups in total. The summed E-state index contributed by atoms with van der Waals surface area (Å²) in [5.74, 6) is -0.987. The molecule has 0 saturated heterocycles. The average molecular weight is 219 g/mol. The Bertz CT molecular complexity index is 552. The molecule has 84 valence electrons. The minimum Gasteiger partial charge on any atom is -0.477 e. The zero-order valence-electron chi connectivity index (χ0n) is 9.43. The van der Waals surface area contributed by atoms with Crippen LogP contribution in [0.1, 0.15) is 36.8 Å². The number of hydrogen-bond donors (Lipinski definition) is 1. The largest absolute Gasteiger partial charge is 0.477 e. The molecule has 5 heteroatoms. The molecule has 2 heterocycles. The van der Waals surface area contributed by atoms with E-state index in [4.69, 9.17) is 0 Å². The average Bonchev–Trinajstić information content (AvgIpc) is 2.55. The summed E-state index contributed by atoms with van der Waals surface area (Å²) in [5, 5.41) is 13.5. The van der Waals surface area contributed by atoms with Gasteiger partial charge in [-0.25, -0.2) is 14.3 Å². The molecule has 0 aliphatic rings. The molecule has 5 nitrogen and oxygen atoms in total. The van der Waals surface area contributed by atoms with Gasteiger partial charge in [0, 0.05) is 17.8 Å². The molecule has 0 unspecified atom stereocenters. The molecule has 0 amide bonds. The van der Waals surface area contributed by atoms with E-state index in [2.05, 4.69) is 10.1 Å². The third-order valence-electron chi connectivity index (χ3n) is 2.32. The highest BCUT2D eigenvalue weighted by molar-refractivity contribution is 5.96. The van der Waals surface area contributed by atoms with E-state index in [9.17, 15) is 9.90 Å². The van der Waals surface area contributed by atoms with Crippen LogP contribution in [-0.4, -0.2) is 25.7 Å². The number of carboxylic acids is 1. The Balaban J connectivity index is 2.84. The predicted molar refractivity (Wildman–Crippen MR) is 58.6 cm³/mol. The maximum absolute atomic E-state index is 11.3. The molecule has 0 aromatic carbocycles. The zero-order valence-corrected chi connectivity index (χ0v) is 9.43. The maximum atomic E-state index is 11.3. The fraction of sp³-hybridized carbons (Fsp3) is 0.364. The lowest BCUT2D eigenvalue weighted by Gasteiger charge is -2.15. The molecule has 0 radical (unpaired) electrons. The van der Waals surface area contributed by atoms with E-state index in [-0.39, 0.29) is 11.0 Å². The molecule has 2 aromatic rings. The summed E-state index contributed by atoms with van der Waals surface area (Å²) >= 11 is 0. The molecule has 0 fully saturated rings. The Morgan fingerprint density at radius 3 is 2.69 bits per heavy atom. The highest BCUT2D eigenvalue weighted by Crippen LogP contribution is 2.26. The first-order valence-corrected chi connectivity index (χ1v) is 4.98. The SMILES string of the molecule is CC(C)(C)c1nn2cccnc2c1C(=O)O. The highest BCUT2D eigenvalue weighted by atomic mass is 16.4. The fourth-order valence-electron chi connectivity index (χ4n) is 1.61. The minimum absolute atomic E-state index is 0.188. The molecular formula is C11H13N3O2. The molecule has 0 saturated carbocycles. The van der Waals surface area contributed by atoms with Gasteiger partial charge in [-0.2, -0.15) is 5.10 Å². The number of aromatic carboxylic acids is 1. The van der Waals surface area contributed by atoms with E-state index in [0.29, 0.717) is 11.3 Å². The Morgan fingerprint density at radius 2 is 2.12 bits per heavy atom. The van der Waals surface area contributed by atoms with Gasteiger partial charge >= 0.3 is 5.97 Å². The van der Waals surface area contributed by atoms with Crippen LogP contribution in [0.15, 0.2) is 18.5 Å². The Labute approximate surface area is 92.7 Å². The summed E-state index contributed by atoms with van der Waals surface area (Å²) in [4.78, 5) is 15.3. The van der Waals surface area contributed by atoms with Gasteiger partial charge in [-0.1, -0.05) is 20.8 Å². The molecule has 0 aliphatic carbocycles. The van der Waals surface area contributed by atoms with Crippen LogP contribution in [0.25, 0.3) is 5.65 Å². The molecule has 0 atom stereocenters. The van der Waals surface area contributed by atoms with Gasteiger partial charge in [0.15, 0.2) is 5.65 Å². The number of fused-ring (bicyclic) bond motifs is 1. The van der Waals surface area contributed by atoms with Crippen molar-refractivity contribution >= 4 is 11.6 Å². The normalized spacial score (nSPS) is 11.9. The van der Waals surface area contributed by atoms with Crippen LogP contribution in [0.5, 0.6) is 0 Å². The van der Waals surface area contributed by atoms with Crippen LogP contribution in [0, 0.1) is 0 Å². The van der Waals surface area contributed by atoms with Gasteiger partial charge in [-0.05, 0) is 6.07 Å². The van der Waals surface area contributed by atoms with Gasteiger partial charge in [-0.3, -0.25) is 0 Å². The van der Waals surface area contributed by atoms with Crippen molar-refractivity contribution in [2.75, 3.05) is 0 Å². The summed E-state index contributed by atoms with van der Waals surface area (Å²) in [5.41, 5.74) is 0.813. The van der Waals surface area contributed by atoms with Crippen molar-refractivity contribution in [2.24, 2.45) is 0 Å². The van der Waals surface area contributed by atoms with Crippen molar-refractivity contribution < 1.29 is 9.90 Å². The lowest BCUT2D eigenvalue weighted by Crippen LogP contribution is -2.16. The second-order valence-corrected chi connectivity index (χ2v) is 4.67. The maximum Gasteiger partial charge on any atom is 0.341 e. The molecule has 16 heavy (non-hydrogen) atoms. The van der Waals surface area contributed by atoms with Gasteiger partial charge in [0.2, 0.25) is 0 Å². The topological polar surface area (TPSA) is 67.5 Å². The van der Waals surface area contributed by atoms with Crippen LogP contribution in [-0.2, 0) is 5.41 Å². The third kappa shape index (κ3) is 1.54. The van der Waals surface area contributed by atoms with Crippen LogP contribution in [0.2, 0.25) is 0 Å². The quantitative estimate of drug-likeness (QED) is 0.793. The Morgan fingerprint density at radius 1 is 1.44 bits per heavy atom. The van der Waals surface area contributed by atoms with Gasteiger partial charge < -0.3 is 5.11 Å². The number of carbonyl (C=O) groups is 1. The lowest BCUT2D eigenvalue weighted by molar-refractivity contribution is 0.0696. The van der Waals surface area contributed by atoms with Crippen molar-refractivity contribution in [3.63, 3.8) is 0 Å². The summed E-state index contributed by atoms with van der Waals surface area (Å²) < 4.78 is 1.50. The van der Waals surface area contributed by atoms with Crippen LogP contribution >= 0.6 is 0 Å². The van der Waals surface area contributed by atoms with E-state index < -0.39 is 5.97 Å². The molecule has 0 bridgehead atoms. The van der Waals surface area contributed by atoms with E-state index in [1.165, 1.54) is 4.52 Å². The molecule has 0 aliphatic heterocycles. The van der Waals surface area contributed by atoms with Crippen LogP contribution in [0.4, 0.5) is 0 Å². The minimum atomic E-state index is -0.987. The molecular weight excluding hydrogens is 206 g/mol. The summed E-state index contributed by atoms with van der Waals surface area (Å²) in [6, 6.07) is 1.72. The van der Waals surface area contributed by atoms with Gasteiger partial charge in [0.25, 0.3) is 0 Å². The number of carboxylic acid groups (broad SMARTS) is 1. The fourth-order valence-corrected chi connectivity index (χ4v) is 1.61. The van der Waals surface area contributed by atoms with Gasteiger partial charge in [-0.15, -0.1) is 0 Å². The lowest BCUT2D eigenvalue weighted by atomic mass is 9.89. The molecule has 0 spiro atoms. The van der Waals surface area contributed by atoms with E-state index in [0.717, 1.165) is 0 Å². The zero-order chi connectivity index (χ0) is 11.9. The van der Waals surface area contributed by atoms with E-state index >= 15 is 0 Å². The smallest absolute Gasteiger partial charge is 0.341 e. The number of hydrogen-bond acceptors (Lipinski definition) is 3. The first kappa shape index (κ1) is 10.6. The van der Waals surface area contributed by atoms with E-state index in [1.54, 1.807) is 18.5 Å². The van der Waals surface area contributed by atoms with Crippen molar-refractivity contribution in [2.45, 2.75) is 26.2 Å². The van der Waals surface area contributed by atoms with Gasteiger partial charge in [0.1, 0.15) is 5.56 Å². The first-order chi connectivity index (χ1) is 7.41. The van der Waals surface area contributed by atoms with Crippen molar-refractivity contribution in [3.8, 4) is 0 Å². The number of rotatable bonds is 1. The highest BCUT2D eigenvalue weighted by Gasteiger charge is 2.28. The number of aromatic nitrogens is 3. The summed E-state index contributed by atoms with van der Waals surface area (Å²) in [7, 11) is 0. The Kier molecular flexibility index (Phi) is 2.18. The first-order valence-electron chi connectivity index (χ1n) is 4.98. The standard InChI is InChI=1S/C11H13N3O2/c1-11(2,3)8-7(10(15)16)9-12-5-4-6-14(9)13-8/h4-6H,1-3H3,(H,15,16). The second kappa shape index (κ2) is 3.30. The number of nitrogens with zero attached hydrogens (tertiary/aromatic N) is 3. The van der Waals surface area contributed by atoms with Crippen LogP contribution < -0.4 is 0 Å². The van der Waals surface area contributed by atoms with Gasteiger partial charge in [0.05, 0.1) is 5.69 Å². The van der Waals surface area contributed by atoms with Crippen molar-refractivity contribution in [1.29, 1.82) is 0 Å².